The van der Waals surface area contributed by atoms with Crippen LogP contribution in [0.15, 0.2) is 18.2 Å². The van der Waals surface area contributed by atoms with Crippen molar-refractivity contribution in [3.05, 3.63) is 35.4 Å². The van der Waals surface area contributed by atoms with Crippen LogP contribution in [0.1, 0.15) is 11.7 Å². The minimum absolute atomic E-state index is 0.0782. The number of rotatable bonds is 5. The van der Waals surface area contributed by atoms with E-state index < -0.39 is 23.8 Å². The fraction of sp³-hybridized carbons (Fsp3) is 0.400. The zero-order valence-corrected chi connectivity index (χ0v) is 12.5. The Morgan fingerprint density at radius 3 is 2.10 bits per heavy atom. The highest BCUT2D eigenvalue weighted by molar-refractivity contribution is 8.04. The van der Waals surface area contributed by atoms with E-state index >= 15 is 0 Å². The standard InChI is InChI=1S/C10H12F2O3.Cl2HO2P/c11-8-3-7(4-9(12)5-8)10(14)6-15-2-1-13;1-5(2,3)4/h3-5,10,13-14H,1-2,6H2;(H,3,4). The highest BCUT2D eigenvalue weighted by Crippen LogP contribution is 2.51. The number of hydrogen-bond acceptors (Lipinski definition) is 4. The normalized spacial score (nSPS) is 12.6. The van der Waals surface area contributed by atoms with Crippen molar-refractivity contribution in [2.75, 3.05) is 19.8 Å². The van der Waals surface area contributed by atoms with E-state index in [0.29, 0.717) is 0 Å². The number of ether oxygens (including phenoxy) is 1. The second-order valence-electron chi connectivity index (χ2n) is 3.45. The number of halogens is 4. The molecule has 0 saturated carbocycles. The smallest absolute Gasteiger partial charge is 0.377 e. The van der Waals surface area contributed by atoms with Gasteiger partial charge in [-0.1, -0.05) is 0 Å². The molecule has 0 aliphatic heterocycles. The lowest BCUT2D eigenvalue weighted by molar-refractivity contribution is 0.0204. The summed E-state index contributed by atoms with van der Waals surface area (Å²) >= 11 is 8.81. The molecule has 1 unspecified atom stereocenters. The zero-order chi connectivity index (χ0) is 15.8. The summed E-state index contributed by atoms with van der Waals surface area (Å²) in [4.78, 5) is 7.61. The predicted molar refractivity (Wildman–Crippen MR) is 70.8 cm³/mol. The van der Waals surface area contributed by atoms with E-state index in [9.17, 15) is 18.5 Å². The van der Waals surface area contributed by atoms with Crippen LogP contribution in [0.2, 0.25) is 0 Å². The highest BCUT2D eigenvalue weighted by atomic mass is 35.9. The van der Waals surface area contributed by atoms with E-state index in [4.69, 9.17) is 14.7 Å². The topological polar surface area (TPSA) is 87.0 Å². The second kappa shape index (κ2) is 9.63. The summed E-state index contributed by atoms with van der Waals surface area (Å²) in [7, 11) is 0. The minimum atomic E-state index is -3.69. The third kappa shape index (κ3) is 11.5. The van der Waals surface area contributed by atoms with Crippen LogP contribution in [0, 0.1) is 11.6 Å². The van der Waals surface area contributed by atoms with E-state index in [-0.39, 0.29) is 25.4 Å². The van der Waals surface area contributed by atoms with Gasteiger partial charge in [-0.15, -0.1) is 0 Å². The van der Waals surface area contributed by atoms with Gasteiger partial charge in [-0.05, 0) is 40.2 Å². The van der Waals surface area contributed by atoms with Crippen LogP contribution in [0.5, 0.6) is 0 Å². The summed E-state index contributed by atoms with van der Waals surface area (Å²) in [5.41, 5.74) is 0.116. The summed E-state index contributed by atoms with van der Waals surface area (Å²) in [5, 5.41) is 17.9. The Morgan fingerprint density at radius 1 is 1.25 bits per heavy atom. The molecule has 0 aliphatic carbocycles. The number of benzene rings is 1. The Hall–Kier alpha value is -0.270. The fourth-order valence-corrected chi connectivity index (χ4v) is 1.12. The molecule has 0 amide bonds. The first-order chi connectivity index (χ1) is 9.13. The van der Waals surface area contributed by atoms with Crippen molar-refractivity contribution in [2.24, 2.45) is 0 Å². The lowest BCUT2D eigenvalue weighted by atomic mass is 10.1. The quantitative estimate of drug-likeness (QED) is 0.560. The van der Waals surface area contributed by atoms with Crippen molar-refractivity contribution >= 4 is 28.6 Å². The monoisotopic (exact) mass is 352 g/mol. The van der Waals surface area contributed by atoms with Crippen molar-refractivity contribution in [3.63, 3.8) is 0 Å². The molecule has 3 N–H and O–H groups in total. The molecule has 0 heterocycles. The average molecular weight is 353 g/mol. The lowest BCUT2D eigenvalue weighted by Crippen LogP contribution is -2.10. The Balaban J connectivity index is 0.000000621. The molecule has 1 aromatic carbocycles. The Bertz CT molecular complexity index is 429. The maximum Gasteiger partial charge on any atom is 0.377 e. The van der Waals surface area contributed by atoms with Crippen molar-refractivity contribution in [2.45, 2.75) is 6.10 Å². The molecule has 1 atom stereocenters. The van der Waals surface area contributed by atoms with Crippen LogP contribution in [-0.2, 0) is 9.30 Å². The van der Waals surface area contributed by atoms with Gasteiger partial charge in [0.25, 0.3) is 0 Å². The van der Waals surface area contributed by atoms with Crippen molar-refractivity contribution in [1.29, 1.82) is 0 Å². The first-order valence-electron chi connectivity index (χ1n) is 5.18. The lowest BCUT2D eigenvalue weighted by Gasteiger charge is -2.11. The molecule has 10 heteroatoms. The predicted octanol–water partition coefficient (Wildman–Crippen LogP) is 2.57. The van der Waals surface area contributed by atoms with Gasteiger partial charge in [-0.3, -0.25) is 4.57 Å². The first kappa shape index (κ1) is 19.7. The van der Waals surface area contributed by atoms with Crippen LogP contribution >= 0.6 is 28.6 Å². The zero-order valence-electron chi connectivity index (χ0n) is 10.0. The van der Waals surface area contributed by atoms with Crippen LogP contribution in [0.25, 0.3) is 0 Å². The third-order valence-corrected chi connectivity index (χ3v) is 1.78. The van der Waals surface area contributed by atoms with Crippen LogP contribution in [0.3, 0.4) is 0 Å². The summed E-state index contributed by atoms with van der Waals surface area (Å²) in [6.45, 7) is -0.192. The van der Waals surface area contributed by atoms with Crippen molar-refractivity contribution < 1.29 is 33.2 Å². The molecular weight excluding hydrogens is 340 g/mol. The minimum Gasteiger partial charge on any atom is -0.394 e. The second-order valence-corrected chi connectivity index (χ2v) is 7.59. The average Bonchev–Trinajstić information content (AvgIpc) is 2.25. The van der Waals surface area contributed by atoms with Gasteiger partial charge in [-0.25, -0.2) is 8.78 Å². The molecule has 20 heavy (non-hydrogen) atoms. The van der Waals surface area contributed by atoms with Gasteiger partial charge in [0.05, 0.1) is 19.8 Å². The molecule has 116 valence electrons. The maximum absolute atomic E-state index is 12.7. The van der Waals surface area contributed by atoms with E-state index in [1.807, 2.05) is 0 Å². The largest absolute Gasteiger partial charge is 0.394 e. The molecule has 5 nitrogen and oxygen atoms in total. The molecule has 0 bridgehead atoms. The number of aliphatic hydroxyl groups excluding tert-OH is 2. The van der Waals surface area contributed by atoms with Crippen LogP contribution in [0.4, 0.5) is 8.78 Å². The van der Waals surface area contributed by atoms with E-state index in [1.54, 1.807) is 0 Å². The van der Waals surface area contributed by atoms with Gasteiger partial charge in [0.15, 0.2) is 0 Å². The van der Waals surface area contributed by atoms with Crippen LogP contribution < -0.4 is 0 Å². The molecule has 1 aromatic rings. The van der Waals surface area contributed by atoms with E-state index in [2.05, 4.69) is 22.5 Å². The van der Waals surface area contributed by atoms with Gasteiger partial charge < -0.3 is 19.8 Å². The maximum atomic E-state index is 12.7. The molecule has 0 fully saturated rings. The molecular formula is C10H13Cl2F2O5P. The summed E-state index contributed by atoms with van der Waals surface area (Å²) in [6, 6.07) is 2.80. The first-order valence-corrected chi connectivity index (χ1v) is 8.65. The van der Waals surface area contributed by atoms with Gasteiger partial charge in [-0.2, -0.15) is 0 Å². The van der Waals surface area contributed by atoms with Crippen molar-refractivity contribution in [3.8, 4) is 0 Å². The number of aliphatic hydroxyl groups is 2. The van der Waals surface area contributed by atoms with Gasteiger partial charge in [0.2, 0.25) is 0 Å². The van der Waals surface area contributed by atoms with Crippen molar-refractivity contribution in [1.82, 2.24) is 0 Å². The Morgan fingerprint density at radius 2 is 1.70 bits per heavy atom. The molecule has 0 radical (unpaired) electrons. The Labute approximate surface area is 123 Å². The van der Waals surface area contributed by atoms with Crippen LogP contribution in [-0.4, -0.2) is 34.9 Å². The van der Waals surface area contributed by atoms with Gasteiger partial charge >= 0.3 is 6.07 Å². The summed E-state index contributed by atoms with van der Waals surface area (Å²) < 4.78 is 39.6. The van der Waals surface area contributed by atoms with Gasteiger partial charge in [0.1, 0.15) is 17.7 Å². The summed E-state index contributed by atoms with van der Waals surface area (Å²) in [5.74, 6) is -1.49. The van der Waals surface area contributed by atoms with E-state index in [1.165, 1.54) is 0 Å². The fourth-order valence-electron chi connectivity index (χ4n) is 1.12. The molecule has 0 aliphatic rings. The molecule has 0 aromatic heterocycles. The SMILES string of the molecule is O=P(O)(Cl)Cl.OCCOCC(O)c1cc(F)cc(F)c1. The van der Waals surface area contributed by atoms with Gasteiger partial charge in [0, 0.05) is 6.07 Å². The molecule has 1 rings (SSSR count). The third-order valence-electron chi connectivity index (χ3n) is 1.78. The summed E-state index contributed by atoms with van der Waals surface area (Å²) in [6.07, 6.45) is -4.79. The Kier molecular flexibility index (Phi) is 9.50. The molecule has 0 spiro atoms. The van der Waals surface area contributed by atoms with E-state index in [0.717, 1.165) is 18.2 Å². The highest BCUT2D eigenvalue weighted by Gasteiger charge is 2.10. The number of hydrogen-bond donors (Lipinski definition) is 3. The molecule has 0 saturated heterocycles.